The van der Waals surface area contributed by atoms with Crippen molar-refractivity contribution in [3.8, 4) is 17.3 Å². The van der Waals surface area contributed by atoms with Crippen LogP contribution in [0.4, 0.5) is 11.5 Å². The SMILES string of the molecule is Cc1c(Cl)cccc1Nc1[nH]n2cc(-c3ccccc3)nc2c1C#N. The number of nitriles is 1. The molecule has 0 spiro atoms. The van der Waals surface area contributed by atoms with E-state index in [0.717, 1.165) is 22.5 Å². The highest BCUT2D eigenvalue weighted by molar-refractivity contribution is 6.31. The van der Waals surface area contributed by atoms with Crippen molar-refractivity contribution in [3.63, 3.8) is 0 Å². The maximum Gasteiger partial charge on any atom is 0.173 e. The molecule has 0 atom stereocenters. The molecule has 0 fully saturated rings. The summed E-state index contributed by atoms with van der Waals surface area (Å²) in [4.78, 5) is 4.60. The summed E-state index contributed by atoms with van der Waals surface area (Å²) in [5, 5.41) is 16.7. The van der Waals surface area contributed by atoms with Crippen molar-refractivity contribution in [2.24, 2.45) is 0 Å². The van der Waals surface area contributed by atoms with Crippen LogP contribution in [0.2, 0.25) is 5.02 Å². The van der Waals surface area contributed by atoms with Gasteiger partial charge in [0.15, 0.2) is 5.65 Å². The third-order valence-electron chi connectivity index (χ3n) is 4.12. The monoisotopic (exact) mass is 347 g/mol. The van der Waals surface area contributed by atoms with E-state index in [1.807, 2.05) is 61.7 Å². The van der Waals surface area contributed by atoms with Crippen LogP contribution in [-0.4, -0.2) is 14.6 Å². The molecule has 4 aromatic rings. The normalized spacial score (nSPS) is 10.8. The van der Waals surface area contributed by atoms with Crippen molar-refractivity contribution in [1.29, 1.82) is 5.26 Å². The van der Waals surface area contributed by atoms with Gasteiger partial charge in [0.05, 0.1) is 11.9 Å². The minimum atomic E-state index is 0.460. The lowest BCUT2D eigenvalue weighted by Gasteiger charge is -2.09. The molecule has 5 nitrogen and oxygen atoms in total. The topological polar surface area (TPSA) is 68.9 Å². The fourth-order valence-electron chi connectivity index (χ4n) is 2.75. The first-order chi connectivity index (χ1) is 12.2. The molecular weight excluding hydrogens is 334 g/mol. The van der Waals surface area contributed by atoms with Crippen molar-refractivity contribution in [1.82, 2.24) is 14.6 Å². The Morgan fingerprint density at radius 1 is 1.16 bits per heavy atom. The summed E-state index contributed by atoms with van der Waals surface area (Å²) in [7, 11) is 0. The number of nitrogens with one attached hydrogen (secondary N) is 2. The number of rotatable bonds is 3. The van der Waals surface area contributed by atoms with E-state index in [0.29, 0.717) is 22.1 Å². The van der Waals surface area contributed by atoms with Gasteiger partial charge in [-0.15, -0.1) is 0 Å². The van der Waals surface area contributed by atoms with Gasteiger partial charge < -0.3 is 5.32 Å². The van der Waals surface area contributed by atoms with Crippen LogP contribution in [0, 0.1) is 18.3 Å². The van der Waals surface area contributed by atoms with Crippen LogP contribution in [0.1, 0.15) is 11.1 Å². The van der Waals surface area contributed by atoms with Gasteiger partial charge in [-0.25, -0.2) is 9.50 Å². The molecule has 25 heavy (non-hydrogen) atoms. The molecular formula is C19H14ClN5. The number of benzene rings is 2. The molecule has 2 N–H and O–H groups in total. The van der Waals surface area contributed by atoms with Crippen molar-refractivity contribution >= 4 is 28.8 Å². The van der Waals surface area contributed by atoms with Gasteiger partial charge in [0, 0.05) is 16.3 Å². The number of aromatic nitrogens is 3. The summed E-state index contributed by atoms with van der Waals surface area (Å²) in [6.45, 7) is 1.93. The van der Waals surface area contributed by atoms with E-state index in [9.17, 15) is 5.26 Å². The Morgan fingerprint density at radius 3 is 2.72 bits per heavy atom. The van der Waals surface area contributed by atoms with Gasteiger partial charge in [-0.2, -0.15) is 5.26 Å². The first-order valence-corrected chi connectivity index (χ1v) is 8.14. The summed E-state index contributed by atoms with van der Waals surface area (Å²) < 4.78 is 1.75. The van der Waals surface area contributed by atoms with Crippen LogP contribution in [-0.2, 0) is 0 Å². The third kappa shape index (κ3) is 2.63. The second kappa shape index (κ2) is 6.00. The molecule has 0 aliphatic carbocycles. The predicted molar refractivity (Wildman–Crippen MR) is 99.2 cm³/mol. The molecule has 0 bridgehead atoms. The highest BCUT2D eigenvalue weighted by Crippen LogP contribution is 2.29. The molecule has 0 saturated heterocycles. The van der Waals surface area contributed by atoms with Gasteiger partial charge in [0.1, 0.15) is 17.5 Å². The van der Waals surface area contributed by atoms with Crippen LogP contribution in [0.3, 0.4) is 0 Å². The Morgan fingerprint density at radius 2 is 1.96 bits per heavy atom. The average molecular weight is 348 g/mol. The molecule has 0 unspecified atom stereocenters. The first kappa shape index (κ1) is 15.3. The van der Waals surface area contributed by atoms with Crippen LogP contribution < -0.4 is 5.32 Å². The molecule has 0 aliphatic heterocycles. The molecule has 2 aromatic heterocycles. The van der Waals surface area contributed by atoms with Gasteiger partial charge in [-0.1, -0.05) is 48.0 Å². The van der Waals surface area contributed by atoms with Crippen molar-refractivity contribution in [2.75, 3.05) is 5.32 Å². The van der Waals surface area contributed by atoms with Crippen LogP contribution >= 0.6 is 11.6 Å². The number of anilines is 2. The number of imidazole rings is 1. The van der Waals surface area contributed by atoms with Gasteiger partial charge in [0.2, 0.25) is 0 Å². The van der Waals surface area contributed by atoms with E-state index in [4.69, 9.17) is 11.6 Å². The minimum absolute atomic E-state index is 0.460. The van der Waals surface area contributed by atoms with Crippen molar-refractivity contribution in [3.05, 3.63) is 70.9 Å². The molecule has 0 saturated carbocycles. The van der Waals surface area contributed by atoms with Crippen LogP contribution in [0.25, 0.3) is 16.9 Å². The summed E-state index contributed by atoms with van der Waals surface area (Å²) >= 11 is 6.17. The average Bonchev–Trinajstić information content (AvgIpc) is 3.17. The van der Waals surface area contributed by atoms with Gasteiger partial charge in [0.25, 0.3) is 0 Å². The van der Waals surface area contributed by atoms with E-state index in [1.54, 1.807) is 4.52 Å². The molecule has 122 valence electrons. The predicted octanol–water partition coefficient (Wildman–Crippen LogP) is 4.91. The number of hydrogen-bond acceptors (Lipinski definition) is 3. The zero-order chi connectivity index (χ0) is 17.4. The minimum Gasteiger partial charge on any atom is -0.339 e. The molecule has 0 aliphatic rings. The smallest absolute Gasteiger partial charge is 0.173 e. The molecule has 4 rings (SSSR count). The number of halogens is 1. The van der Waals surface area contributed by atoms with Crippen LogP contribution in [0.15, 0.2) is 54.7 Å². The molecule has 6 heteroatoms. The van der Waals surface area contributed by atoms with Crippen molar-refractivity contribution < 1.29 is 0 Å². The summed E-state index contributed by atoms with van der Waals surface area (Å²) in [5.74, 6) is 0.593. The Balaban J connectivity index is 1.77. The highest BCUT2D eigenvalue weighted by Gasteiger charge is 2.16. The molecule has 0 radical (unpaired) electrons. The lowest BCUT2D eigenvalue weighted by Crippen LogP contribution is -1.96. The lowest BCUT2D eigenvalue weighted by molar-refractivity contribution is 0.978. The standard InChI is InChI=1S/C19H14ClN5/c1-12-15(20)8-5-9-16(12)22-18-14(10-21)19-23-17(11-25(19)24-18)13-6-3-2-4-7-13/h2-9,11,22,24H,1H3. The Labute approximate surface area is 149 Å². The van der Waals surface area contributed by atoms with Crippen LogP contribution in [0.5, 0.6) is 0 Å². The quantitative estimate of drug-likeness (QED) is 0.553. The molecule has 0 amide bonds. The van der Waals surface area contributed by atoms with E-state index >= 15 is 0 Å². The van der Waals surface area contributed by atoms with Gasteiger partial charge in [-0.3, -0.25) is 5.10 Å². The maximum atomic E-state index is 9.60. The van der Waals surface area contributed by atoms with E-state index < -0.39 is 0 Å². The fourth-order valence-corrected chi connectivity index (χ4v) is 2.93. The number of nitrogens with zero attached hydrogens (tertiary/aromatic N) is 3. The summed E-state index contributed by atoms with van der Waals surface area (Å²) in [6.07, 6.45) is 1.88. The zero-order valence-corrected chi connectivity index (χ0v) is 14.2. The first-order valence-electron chi connectivity index (χ1n) is 7.76. The lowest BCUT2D eigenvalue weighted by atomic mass is 10.2. The molecule has 2 aromatic carbocycles. The fraction of sp³-hybridized carbons (Fsp3) is 0.0526. The maximum absolute atomic E-state index is 9.60. The third-order valence-corrected chi connectivity index (χ3v) is 4.53. The molecule has 2 heterocycles. The second-order valence-electron chi connectivity index (χ2n) is 5.70. The Bertz CT molecular complexity index is 1100. The second-order valence-corrected chi connectivity index (χ2v) is 6.10. The number of aromatic amines is 1. The largest absolute Gasteiger partial charge is 0.339 e. The summed E-state index contributed by atoms with van der Waals surface area (Å²) in [5.41, 5.74) is 4.63. The number of fused-ring (bicyclic) bond motifs is 1. The number of H-pyrrole nitrogens is 1. The number of hydrogen-bond donors (Lipinski definition) is 2. The van der Waals surface area contributed by atoms with E-state index in [2.05, 4.69) is 21.5 Å². The van der Waals surface area contributed by atoms with Gasteiger partial charge >= 0.3 is 0 Å². The Hall–Kier alpha value is -3.23. The zero-order valence-electron chi connectivity index (χ0n) is 13.4. The van der Waals surface area contributed by atoms with Gasteiger partial charge in [-0.05, 0) is 24.6 Å². The van der Waals surface area contributed by atoms with Crippen molar-refractivity contribution in [2.45, 2.75) is 6.92 Å². The van der Waals surface area contributed by atoms with E-state index in [-0.39, 0.29) is 0 Å². The van der Waals surface area contributed by atoms with E-state index in [1.165, 1.54) is 0 Å². The summed E-state index contributed by atoms with van der Waals surface area (Å²) in [6, 6.07) is 17.7. The Kier molecular flexibility index (Phi) is 3.68. The highest BCUT2D eigenvalue weighted by atomic mass is 35.5.